The molecule has 1 N–H and O–H groups in total. The summed E-state index contributed by atoms with van der Waals surface area (Å²) in [5, 5.41) is 3.09. The van der Waals surface area contributed by atoms with Gasteiger partial charge in [0.05, 0.1) is 0 Å². The van der Waals surface area contributed by atoms with Crippen LogP contribution in [-0.2, 0) is 9.59 Å². The molecule has 2 atom stereocenters. The molecule has 114 valence electrons. The molecule has 2 aliphatic rings. The number of rotatable bonds is 7. The SMILES string of the molecule is CCCCCCCCC1CC(=O)NC12CCC(=O)N2C. The molecule has 2 saturated heterocycles. The van der Waals surface area contributed by atoms with E-state index in [9.17, 15) is 9.59 Å². The first-order chi connectivity index (χ1) is 9.60. The Kier molecular flexibility index (Phi) is 5.06. The Labute approximate surface area is 122 Å². The normalized spacial score (nSPS) is 29.5. The lowest BCUT2D eigenvalue weighted by Crippen LogP contribution is -2.55. The molecule has 20 heavy (non-hydrogen) atoms. The average Bonchev–Trinajstić information content (AvgIpc) is 2.89. The van der Waals surface area contributed by atoms with Crippen LogP contribution in [0.5, 0.6) is 0 Å². The second-order valence-corrected chi connectivity index (χ2v) is 6.38. The van der Waals surface area contributed by atoms with Crippen molar-refractivity contribution < 1.29 is 9.59 Å². The van der Waals surface area contributed by atoms with Crippen molar-refractivity contribution in [1.29, 1.82) is 0 Å². The van der Waals surface area contributed by atoms with E-state index in [4.69, 9.17) is 0 Å². The number of unbranched alkanes of at least 4 members (excludes halogenated alkanes) is 5. The lowest BCUT2D eigenvalue weighted by atomic mass is 9.86. The molecule has 4 heteroatoms. The number of carbonyl (C=O) groups is 2. The topological polar surface area (TPSA) is 49.4 Å². The van der Waals surface area contributed by atoms with Crippen LogP contribution in [0.4, 0.5) is 0 Å². The molecule has 2 rings (SSSR count). The highest BCUT2D eigenvalue weighted by atomic mass is 16.2. The van der Waals surface area contributed by atoms with Crippen LogP contribution in [0.25, 0.3) is 0 Å². The van der Waals surface area contributed by atoms with Crippen LogP contribution < -0.4 is 5.32 Å². The number of nitrogens with one attached hydrogen (secondary N) is 1. The molecular formula is C16H28N2O2. The van der Waals surface area contributed by atoms with Crippen LogP contribution in [0.1, 0.15) is 71.1 Å². The van der Waals surface area contributed by atoms with Crippen molar-refractivity contribution in [2.45, 2.75) is 76.8 Å². The van der Waals surface area contributed by atoms with Crippen LogP contribution in [0.2, 0.25) is 0 Å². The fourth-order valence-corrected chi connectivity index (χ4v) is 3.78. The van der Waals surface area contributed by atoms with Gasteiger partial charge in [-0.25, -0.2) is 0 Å². The molecular weight excluding hydrogens is 252 g/mol. The molecule has 0 aromatic rings. The van der Waals surface area contributed by atoms with Gasteiger partial charge in [-0.05, 0) is 12.8 Å². The molecule has 2 unspecified atom stereocenters. The third-order valence-electron chi connectivity index (χ3n) is 5.06. The highest BCUT2D eigenvalue weighted by Gasteiger charge is 2.53. The van der Waals surface area contributed by atoms with Crippen LogP contribution in [0, 0.1) is 5.92 Å². The van der Waals surface area contributed by atoms with Gasteiger partial charge in [-0.15, -0.1) is 0 Å². The predicted octanol–water partition coefficient (Wildman–Crippen LogP) is 2.82. The van der Waals surface area contributed by atoms with Gasteiger partial charge < -0.3 is 10.2 Å². The zero-order valence-electron chi connectivity index (χ0n) is 12.9. The molecule has 2 aliphatic heterocycles. The Morgan fingerprint density at radius 2 is 1.90 bits per heavy atom. The van der Waals surface area contributed by atoms with E-state index < -0.39 is 0 Å². The van der Waals surface area contributed by atoms with Crippen molar-refractivity contribution in [2.75, 3.05) is 7.05 Å². The number of hydrogen-bond acceptors (Lipinski definition) is 2. The minimum atomic E-state index is -0.364. The molecule has 2 fully saturated rings. The first-order valence-corrected chi connectivity index (χ1v) is 8.18. The Balaban J connectivity index is 1.83. The van der Waals surface area contributed by atoms with Gasteiger partial charge in [-0.3, -0.25) is 9.59 Å². The zero-order chi connectivity index (χ0) is 14.6. The molecule has 0 bridgehead atoms. The van der Waals surface area contributed by atoms with E-state index in [0.717, 1.165) is 12.8 Å². The summed E-state index contributed by atoms with van der Waals surface area (Å²) in [6.07, 6.45) is 10.6. The second kappa shape index (κ2) is 6.59. The van der Waals surface area contributed by atoms with Crippen LogP contribution in [-0.4, -0.2) is 29.4 Å². The summed E-state index contributed by atoms with van der Waals surface area (Å²) in [5.74, 6) is 0.584. The minimum Gasteiger partial charge on any atom is -0.333 e. The van der Waals surface area contributed by atoms with E-state index in [0.29, 0.717) is 18.8 Å². The molecule has 4 nitrogen and oxygen atoms in total. The Morgan fingerprint density at radius 3 is 2.55 bits per heavy atom. The maximum absolute atomic E-state index is 11.8. The van der Waals surface area contributed by atoms with Crippen molar-refractivity contribution in [3.8, 4) is 0 Å². The van der Waals surface area contributed by atoms with E-state index in [1.165, 1.54) is 38.5 Å². The quantitative estimate of drug-likeness (QED) is 0.729. The van der Waals surface area contributed by atoms with E-state index in [-0.39, 0.29) is 17.5 Å². The van der Waals surface area contributed by atoms with Crippen LogP contribution in [0.15, 0.2) is 0 Å². The molecule has 0 aromatic carbocycles. The van der Waals surface area contributed by atoms with E-state index in [2.05, 4.69) is 12.2 Å². The average molecular weight is 280 g/mol. The first kappa shape index (κ1) is 15.3. The lowest BCUT2D eigenvalue weighted by molar-refractivity contribution is -0.131. The van der Waals surface area contributed by atoms with Crippen LogP contribution in [0.3, 0.4) is 0 Å². The lowest BCUT2D eigenvalue weighted by Gasteiger charge is -2.37. The number of carbonyl (C=O) groups excluding carboxylic acids is 2. The van der Waals surface area contributed by atoms with Gasteiger partial charge in [-0.2, -0.15) is 0 Å². The van der Waals surface area contributed by atoms with Crippen molar-refractivity contribution in [3.05, 3.63) is 0 Å². The largest absolute Gasteiger partial charge is 0.333 e. The smallest absolute Gasteiger partial charge is 0.224 e. The van der Waals surface area contributed by atoms with Gasteiger partial charge in [-0.1, -0.05) is 45.4 Å². The summed E-state index contributed by atoms with van der Waals surface area (Å²) >= 11 is 0. The van der Waals surface area contributed by atoms with Gasteiger partial charge in [0.25, 0.3) is 0 Å². The number of nitrogens with zero attached hydrogens (tertiary/aromatic N) is 1. The standard InChI is InChI=1S/C16H28N2O2/c1-3-4-5-6-7-8-9-13-12-14(19)17-16(13)11-10-15(20)18(16)2/h13H,3-12H2,1-2H3,(H,17,19). The molecule has 0 aromatic heterocycles. The van der Waals surface area contributed by atoms with E-state index in [1.54, 1.807) is 4.90 Å². The third-order valence-corrected chi connectivity index (χ3v) is 5.06. The van der Waals surface area contributed by atoms with Gasteiger partial charge in [0.1, 0.15) is 5.66 Å². The summed E-state index contributed by atoms with van der Waals surface area (Å²) in [4.78, 5) is 25.4. The van der Waals surface area contributed by atoms with Crippen molar-refractivity contribution in [3.63, 3.8) is 0 Å². The highest BCUT2D eigenvalue weighted by Crippen LogP contribution is 2.41. The fourth-order valence-electron chi connectivity index (χ4n) is 3.78. The summed E-state index contributed by atoms with van der Waals surface area (Å²) in [6.45, 7) is 2.23. The van der Waals surface area contributed by atoms with E-state index in [1.807, 2.05) is 7.05 Å². The maximum atomic E-state index is 11.8. The monoisotopic (exact) mass is 280 g/mol. The van der Waals surface area contributed by atoms with Gasteiger partial charge >= 0.3 is 0 Å². The van der Waals surface area contributed by atoms with E-state index >= 15 is 0 Å². The summed E-state index contributed by atoms with van der Waals surface area (Å²) < 4.78 is 0. The predicted molar refractivity (Wildman–Crippen MR) is 79.0 cm³/mol. The van der Waals surface area contributed by atoms with Gasteiger partial charge in [0, 0.05) is 25.8 Å². The summed E-state index contributed by atoms with van der Waals surface area (Å²) in [5.41, 5.74) is -0.364. The van der Waals surface area contributed by atoms with Gasteiger partial charge in [0.15, 0.2) is 0 Å². The Bertz CT molecular complexity index is 369. The molecule has 0 aliphatic carbocycles. The molecule has 0 radical (unpaired) electrons. The van der Waals surface area contributed by atoms with Gasteiger partial charge in [0.2, 0.25) is 11.8 Å². The van der Waals surface area contributed by atoms with Crippen molar-refractivity contribution in [1.82, 2.24) is 10.2 Å². The molecule has 2 heterocycles. The molecule has 1 spiro atoms. The first-order valence-electron chi connectivity index (χ1n) is 8.18. The van der Waals surface area contributed by atoms with Crippen molar-refractivity contribution >= 4 is 11.8 Å². The number of amides is 2. The zero-order valence-corrected chi connectivity index (χ0v) is 12.9. The number of likely N-dealkylation sites (tertiary alicyclic amines) is 1. The minimum absolute atomic E-state index is 0.113. The molecule has 2 amide bonds. The third kappa shape index (κ3) is 2.99. The number of hydrogen-bond donors (Lipinski definition) is 1. The Hall–Kier alpha value is -1.06. The van der Waals surface area contributed by atoms with Crippen LogP contribution >= 0.6 is 0 Å². The summed E-state index contributed by atoms with van der Waals surface area (Å²) in [7, 11) is 1.84. The summed E-state index contributed by atoms with van der Waals surface area (Å²) in [6, 6.07) is 0. The Morgan fingerprint density at radius 1 is 1.20 bits per heavy atom. The maximum Gasteiger partial charge on any atom is 0.224 e. The molecule has 0 saturated carbocycles. The fraction of sp³-hybridized carbons (Fsp3) is 0.875. The van der Waals surface area contributed by atoms with Crippen molar-refractivity contribution in [2.24, 2.45) is 5.92 Å². The second-order valence-electron chi connectivity index (χ2n) is 6.38. The highest BCUT2D eigenvalue weighted by molar-refractivity contribution is 5.85.